The van der Waals surface area contributed by atoms with Crippen LogP contribution in [-0.2, 0) is 0 Å². The van der Waals surface area contributed by atoms with Crippen molar-refractivity contribution in [2.24, 2.45) is 0 Å². The van der Waals surface area contributed by atoms with E-state index in [1.807, 2.05) is 61.5 Å². The predicted molar refractivity (Wildman–Crippen MR) is 114 cm³/mol. The van der Waals surface area contributed by atoms with Gasteiger partial charge < -0.3 is 15.0 Å². The number of methoxy groups -OCH3 is 1. The summed E-state index contributed by atoms with van der Waals surface area (Å²) in [4.78, 5) is 12.7. The summed E-state index contributed by atoms with van der Waals surface area (Å²) in [5, 5.41) is 9.04. The fourth-order valence-electron chi connectivity index (χ4n) is 3.54. The zero-order valence-electron chi connectivity index (χ0n) is 16.4. The van der Waals surface area contributed by atoms with E-state index < -0.39 is 0 Å². The molecule has 0 bridgehead atoms. The van der Waals surface area contributed by atoms with E-state index in [-0.39, 0.29) is 0 Å². The van der Waals surface area contributed by atoms with Crippen molar-refractivity contribution in [3.05, 3.63) is 65.9 Å². The van der Waals surface area contributed by atoms with Gasteiger partial charge in [-0.15, -0.1) is 0 Å². The molecule has 0 spiro atoms. The zero-order chi connectivity index (χ0) is 20.0. The number of anilines is 2. The molecule has 0 saturated heterocycles. The summed E-state index contributed by atoms with van der Waals surface area (Å²) in [7, 11) is 1.66. The molecule has 7 heteroatoms. The molecule has 0 amide bonds. The van der Waals surface area contributed by atoms with Crippen LogP contribution >= 0.6 is 0 Å². The minimum atomic E-state index is 0.655. The van der Waals surface area contributed by atoms with Crippen molar-refractivity contribution >= 4 is 33.7 Å². The number of imidazole rings is 1. The van der Waals surface area contributed by atoms with E-state index in [0.29, 0.717) is 11.8 Å². The van der Waals surface area contributed by atoms with Crippen molar-refractivity contribution in [2.45, 2.75) is 13.8 Å². The highest BCUT2D eigenvalue weighted by Crippen LogP contribution is 2.29. The van der Waals surface area contributed by atoms with Gasteiger partial charge in [-0.3, -0.25) is 0 Å². The summed E-state index contributed by atoms with van der Waals surface area (Å²) in [5.74, 6) is 2.89. The molecule has 3 heterocycles. The number of hydrogen-bond acceptors (Lipinski definition) is 5. The molecular formula is C22H20N6O. The summed E-state index contributed by atoms with van der Waals surface area (Å²) in [6.07, 6.45) is 0. The molecule has 0 fully saturated rings. The van der Waals surface area contributed by atoms with E-state index in [2.05, 4.69) is 27.3 Å². The molecule has 3 aromatic heterocycles. The van der Waals surface area contributed by atoms with E-state index in [0.717, 1.165) is 44.8 Å². The number of fused-ring (bicyclic) bond motifs is 2. The minimum Gasteiger partial charge on any atom is -0.494 e. The lowest BCUT2D eigenvalue weighted by Gasteiger charge is -2.12. The highest BCUT2D eigenvalue weighted by molar-refractivity contribution is 5.88. The van der Waals surface area contributed by atoms with Crippen LogP contribution in [0.1, 0.15) is 11.3 Å². The molecule has 144 valence electrons. The maximum Gasteiger partial charge on any atom is 0.206 e. The lowest BCUT2D eigenvalue weighted by Crippen LogP contribution is -2.06. The van der Waals surface area contributed by atoms with Gasteiger partial charge in [-0.1, -0.05) is 24.3 Å². The lowest BCUT2D eigenvalue weighted by atomic mass is 10.1. The van der Waals surface area contributed by atoms with Crippen molar-refractivity contribution in [3.63, 3.8) is 0 Å². The number of H-pyrrole nitrogens is 1. The van der Waals surface area contributed by atoms with E-state index >= 15 is 0 Å². The van der Waals surface area contributed by atoms with Crippen LogP contribution in [0.15, 0.2) is 54.6 Å². The first-order chi connectivity index (χ1) is 14.1. The number of rotatable bonds is 4. The van der Waals surface area contributed by atoms with Gasteiger partial charge in [0.05, 0.1) is 23.8 Å². The number of hydrogen-bond donors (Lipinski definition) is 2. The maximum atomic E-state index is 5.52. The summed E-state index contributed by atoms with van der Waals surface area (Å²) >= 11 is 0. The van der Waals surface area contributed by atoms with Gasteiger partial charge in [0, 0.05) is 11.5 Å². The Bertz CT molecular complexity index is 1320. The molecule has 2 aromatic carbocycles. The molecule has 0 aliphatic rings. The van der Waals surface area contributed by atoms with Crippen molar-refractivity contribution in [2.75, 3.05) is 12.4 Å². The van der Waals surface area contributed by atoms with Crippen molar-refractivity contribution in [3.8, 4) is 11.6 Å². The van der Waals surface area contributed by atoms with Crippen LogP contribution in [0.3, 0.4) is 0 Å². The Kier molecular flexibility index (Phi) is 3.94. The molecule has 0 saturated carbocycles. The first-order valence-electron chi connectivity index (χ1n) is 9.35. The number of nitrogens with one attached hydrogen (secondary N) is 2. The Labute approximate surface area is 167 Å². The fraction of sp³-hybridized carbons (Fsp3) is 0.136. The number of ether oxygens (including phenoxy) is 1. The average molecular weight is 384 g/mol. The van der Waals surface area contributed by atoms with E-state index in [9.17, 15) is 0 Å². The second-order valence-corrected chi connectivity index (χ2v) is 6.96. The number of nitrogens with zero attached hydrogens (tertiary/aromatic N) is 4. The van der Waals surface area contributed by atoms with Gasteiger partial charge in [-0.25, -0.2) is 9.97 Å². The van der Waals surface area contributed by atoms with Gasteiger partial charge in [0.1, 0.15) is 17.1 Å². The number of aromatic nitrogens is 5. The number of aryl methyl sites for hydroxylation is 2. The minimum absolute atomic E-state index is 0.655. The van der Waals surface area contributed by atoms with Crippen molar-refractivity contribution < 1.29 is 4.74 Å². The number of pyridine rings is 1. The normalized spacial score (nSPS) is 11.3. The Hall–Kier alpha value is -3.87. The third-order valence-electron chi connectivity index (χ3n) is 4.90. The van der Waals surface area contributed by atoms with Crippen molar-refractivity contribution in [1.29, 1.82) is 0 Å². The number of para-hydroxylation sites is 3. The summed E-state index contributed by atoms with van der Waals surface area (Å²) in [6.45, 7) is 4.02. The van der Waals surface area contributed by atoms with Gasteiger partial charge in [0.25, 0.3) is 0 Å². The summed E-state index contributed by atoms with van der Waals surface area (Å²) in [5.41, 5.74) is 4.67. The van der Waals surface area contributed by atoms with Crippen LogP contribution in [0.25, 0.3) is 27.8 Å². The Morgan fingerprint density at radius 2 is 1.86 bits per heavy atom. The maximum absolute atomic E-state index is 5.52. The zero-order valence-corrected chi connectivity index (χ0v) is 16.4. The molecule has 0 unspecified atom stereocenters. The van der Waals surface area contributed by atoms with E-state index in [1.54, 1.807) is 11.8 Å². The molecule has 5 aromatic rings. The highest BCUT2D eigenvalue weighted by Gasteiger charge is 2.14. The third-order valence-corrected chi connectivity index (χ3v) is 4.90. The molecule has 7 nitrogen and oxygen atoms in total. The standard InChI is InChI=1S/C22H20N6O/c1-13-11-19(25-21-15(13)7-6-10-18(21)29-3)28-20(12-14(2)27-28)26-22-23-16-8-4-5-9-17(16)24-22/h4-12H,1-3H3,(H2,23,24,26). The predicted octanol–water partition coefficient (Wildman–Crippen LogP) is 4.67. The van der Waals surface area contributed by atoms with Crippen LogP contribution in [0.4, 0.5) is 11.8 Å². The number of aromatic amines is 1. The fourth-order valence-corrected chi connectivity index (χ4v) is 3.54. The van der Waals surface area contributed by atoms with E-state index in [4.69, 9.17) is 9.72 Å². The van der Waals surface area contributed by atoms with Crippen molar-refractivity contribution in [1.82, 2.24) is 24.7 Å². The highest BCUT2D eigenvalue weighted by atomic mass is 16.5. The van der Waals surface area contributed by atoms with Gasteiger partial charge >= 0.3 is 0 Å². The Morgan fingerprint density at radius 1 is 1.00 bits per heavy atom. The van der Waals surface area contributed by atoms with Gasteiger partial charge in [0.15, 0.2) is 5.82 Å². The molecule has 0 aliphatic heterocycles. The van der Waals surface area contributed by atoms with Gasteiger partial charge in [0.2, 0.25) is 5.95 Å². The van der Waals surface area contributed by atoms with Crippen LogP contribution in [-0.4, -0.2) is 31.8 Å². The third kappa shape index (κ3) is 2.97. The molecular weight excluding hydrogens is 364 g/mol. The molecule has 29 heavy (non-hydrogen) atoms. The van der Waals surface area contributed by atoms with Crippen LogP contribution < -0.4 is 10.1 Å². The number of benzene rings is 2. The van der Waals surface area contributed by atoms with E-state index in [1.165, 1.54) is 0 Å². The van der Waals surface area contributed by atoms with Crippen LogP contribution in [0, 0.1) is 13.8 Å². The smallest absolute Gasteiger partial charge is 0.206 e. The summed E-state index contributed by atoms with van der Waals surface area (Å²) < 4.78 is 7.31. The molecule has 0 radical (unpaired) electrons. The van der Waals surface area contributed by atoms with Crippen LogP contribution in [0.5, 0.6) is 5.75 Å². The molecule has 2 N–H and O–H groups in total. The quantitative estimate of drug-likeness (QED) is 0.471. The largest absolute Gasteiger partial charge is 0.494 e. The monoisotopic (exact) mass is 384 g/mol. The molecule has 5 rings (SSSR count). The molecule has 0 aliphatic carbocycles. The summed E-state index contributed by atoms with van der Waals surface area (Å²) in [6, 6.07) is 17.9. The van der Waals surface area contributed by atoms with Crippen LogP contribution in [0.2, 0.25) is 0 Å². The second-order valence-electron chi connectivity index (χ2n) is 6.96. The first kappa shape index (κ1) is 17.2. The Balaban J connectivity index is 1.62. The SMILES string of the molecule is COc1cccc2c(C)cc(-n3nc(C)cc3Nc3nc4ccccc4[nH]3)nc12. The second kappa shape index (κ2) is 6.63. The van der Waals surface area contributed by atoms with Gasteiger partial charge in [-0.05, 0) is 43.7 Å². The first-order valence-corrected chi connectivity index (χ1v) is 9.35. The average Bonchev–Trinajstić information content (AvgIpc) is 3.30. The van der Waals surface area contributed by atoms with Gasteiger partial charge in [-0.2, -0.15) is 9.78 Å². The molecule has 0 atom stereocenters. The topological polar surface area (TPSA) is 80.6 Å². The lowest BCUT2D eigenvalue weighted by molar-refractivity contribution is 0.419. The Morgan fingerprint density at radius 3 is 2.69 bits per heavy atom.